The van der Waals surface area contributed by atoms with Crippen LogP contribution in [-0.4, -0.2) is 18.9 Å². The minimum absolute atomic E-state index is 0.190. The predicted octanol–water partition coefficient (Wildman–Crippen LogP) is 2.07. The SMILES string of the molecule is CCC1(NS(=O)(=O)c2cccc(F)c2C(N)=S)CCC1. The maximum absolute atomic E-state index is 13.8. The van der Waals surface area contributed by atoms with E-state index in [0.29, 0.717) is 6.42 Å². The van der Waals surface area contributed by atoms with Crippen LogP contribution in [0.5, 0.6) is 0 Å². The van der Waals surface area contributed by atoms with Crippen LogP contribution in [-0.2, 0) is 10.0 Å². The van der Waals surface area contributed by atoms with Gasteiger partial charge in [-0.1, -0.05) is 25.2 Å². The van der Waals surface area contributed by atoms with E-state index in [9.17, 15) is 12.8 Å². The molecule has 1 fully saturated rings. The lowest BCUT2D eigenvalue weighted by molar-refractivity contribution is 0.214. The van der Waals surface area contributed by atoms with Gasteiger partial charge in [0, 0.05) is 5.54 Å². The zero-order valence-corrected chi connectivity index (χ0v) is 12.8. The fourth-order valence-corrected chi connectivity index (χ4v) is 4.47. The molecule has 2 rings (SSSR count). The van der Waals surface area contributed by atoms with E-state index in [1.165, 1.54) is 12.1 Å². The van der Waals surface area contributed by atoms with Gasteiger partial charge >= 0.3 is 0 Å². The van der Waals surface area contributed by atoms with E-state index < -0.39 is 21.4 Å². The van der Waals surface area contributed by atoms with Gasteiger partial charge in [0.15, 0.2) is 0 Å². The van der Waals surface area contributed by atoms with Crippen molar-refractivity contribution in [3.05, 3.63) is 29.6 Å². The highest BCUT2D eigenvalue weighted by Gasteiger charge is 2.39. The monoisotopic (exact) mass is 316 g/mol. The molecule has 0 atom stereocenters. The Bertz CT molecular complexity index is 634. The van der Waals surface area contributed by atoms with Crippen molar-refractivity contribution >= 4 is 27.2 Å². The fourth-order valence-electron chi connectivity index (χ4n) is 2.44. The van der Waals surface area contributed by atoms with E-state index in [0.717, 1.165) is 25.3 Å². The van der Waals surface area contributed by atoms with Gasteiger partial charge in [-0.05, 0) is 37.8 Å². The lowest BCUT2D eigenvalue weighted by Gasteiger charge is -2.41. The van der Waals surface area contributed by atoms with E-state index in [-0.39, 0.29) is 15.4 Å². The summed E-state index contributed by atoms with van der Waals surface area (Å²) in [5.74, 6) is -0.723. The van der Waals surface area contributed by atoms with Gasteiger partial charge in [0.2, 0.25) is 10.0 Å². The summed E-state index contributed by atoms with van der Waals surface area (Å²) in [7, 11) is -3.85. The molecule has 0 unspecified atom stereocenters. The van der Waals surface area contributed by atoms with Crippen LogP contribution in [0.15, 0.2) is 23.1 Å². The summed E-state index contributed by atoms with van der Waals surface area (Å²) < 4.78 is 41.4. The first-order chi connectivity index (χ1) is 9.31. The molecule has 1 aliphatic carbocycles. The van der Waals surface area contributed by atoms with Gasteiger partial charge in [-0.15, -0.1) is 0 Å². The highest BCUT2D eigenvalue weighted by Crippen LogP contribution is 2.36. The Labute approximate surface area is 123 Å². The van der Waals surface area contributed by atoms with Gasteiger partial charge in [0.05, 0.1) is 10.5 Å². The molecule has 1 aromatic rings. The van der Waals surface area contributed by atoms with Crippen LogP contribution in [0, 0.1) is 5.82 Å². The van der Waals surface area contributed by atoms with Gasteiger partial charge in [-0.25, -0.2) is 17.5 Å². The summed E-state index contributed by atoms with van der Waals surface area (Å²) in [6.45, 7) is 1.93. The molecule has 3 N–H and O–H groups in total. The Morgan fingerprint density at radius 3 is 2.60 bits per heavy atom. The zero-order valence-electron chi connectivity index (χ0n) is 11.1. The van der Waals surface area contributed by atoms with Crippen molar-refractivity contribution in [1.29, 1.82) is 0 Å². The van der Waals surface area contributed by atoms with E-state index in [1.807, 2.05) is 6.92 Å². The van der Waals surface area contributed by atoms with Crippen molar-refractivity contribution in [1.82, 2.24) is 4.72 Å². The van der Waals surface area contributed by atoms with Crippen LogP contribution in [0.2, 0.25) is 0 Å². The second-order valence-electron chi connectivity index (χ2n) is 5.07. The predicted molar refractivity (Wildman–Crippen MR) is 79.5 cm³/mol. The van der Waals surface area contributed by atoms with Crippen LogP contribution in [0.3, 0.4) is 0 Å². The fraction of sp³-hybridized carbons (Fsp3) is 0.462. The summed E-state index contributed by atoms with van der Waals surface area (Å²) in [4.78, 5) is -0.452. The topological polar surface area (TPSA) is 72.2 Å². The number of nitrogens with one attached hydrogen (secondary N) is 1. The first-order valence-corrected chi connectivity index (χ1v) is 8.33. The van der Waals surface area contributed by atoms with Gasteiger partial charge in [-0.2, -0.15) is 0 Å². The number of benzene rings is 1. The number of sulfonamides is 1. The van der Waals surface area contributed by atoms with Crippen molar-refractivity contribution < 1.29 is 12.8 Å². The molecular formula is C13H17FN2O2S2. The summed E-state index contributed by atoms with van der Waals surface area (Å²) in [6, 6.07) is 3.81. The average molecular weight is 316 g/mol. The Balaban J connectivity index is 2.45. The Morgan fingerprint density at radius 1 is 1.50 bits per heavy atom. The molecule has 0 bridgehead atoms. The van der Waals surface area contributed by atoms with E-state index in [2.05, 4.69) is 4.72 Å². The number of hydrogen-bond acceptors (Lipinski definition) is 3. The molecular weight excluding hydrogens is 299 g/mol. The second-order valence-corrected chi connectivity index (χ2v) is 7.16. The minimum atomic E-state index is -3.85. The van der Waals surface area contributed by atoms with Gasteiger partial charge in [0.1, 0.15) is 10.8 Å². The van der Waals surface area contributed by atoms with Crippen LogP contribution in [0.25, 0.3) is 0 Å². The van der Waals surface area contributed by atoms with Gasteiger partial charge in [0.25, 0.3) is 0 Å². The zero-order chi connectivity index (χ0) is 15.0. The highest BCUT2D eigenvalue weighted by atomic mass is 32.2. The minimum Gasteiger partial charge on any atom is -0.389 e. The van der Waals surface area contributed by atoms with E-state index in [1.54, 1.807) is 0 Å². The summed E-state index contributed by atoms with van der Waals surface area (Å²) in [5, 5.41) is 0. The third-order valence-electron chi connectivity index (χ3n) is 3.85. The number of thiocarbonyl (C=S) groups is 1. The summed E-state index contributed by atoms with van der Waals surface area (Å²) >= 11 is 4.76. The lowest BCUT2D eigenvalue weighted by atomic mass is 9.76. The third-order valence-corrected chi connectivity index (χ3v) is 5.67. The molecule has 1 aromatic carbocycles. The smallest absolute Gasteiger partial charge is 0.241 e. The normalized spacial score (nSPS) is 17.5. The lowest BCUT2D eigenvalue weighted by Crippen LogP contribution is -2.53. The van der Waals surface area contributed by atoms with Crippen LogP contribution < -0.4 is 10.5 Å². The van der Waals surface area contributed by atoms with Crippen LogP contribution in [0.1, 0.15) is 38.2 Å². The van der Waals surface area contributed by atoms with Crippen LogP contribution >= 0.6 is 12.2 Å². The molecule has 1 saturated carbocycles. The quantitative estimate of drug-likeness (QED) is 0.816. The number of hydrogen-bond donors (Lipinski definition) is 2. The van der Waals surface area contributed by atoms with E-state index >= 15 is 0 Å². The second kappa shape index (κ2) is 5.38. The molecule has 7 heteroatoms. The molecule has 0 aliphatic heterocycles. The maximum Gasteiger partial charge on any atom is 0.241 e. The number of halogens is 1. The molecule has 0 aromatic heterocycles. The molecule has 110 valence electrons. The highest BCUT2D eigenvalue weighted by molar-refractivity contribution is 7.89. The van der Waals surface area contributed by atoms with Crippen molar-refractivity contribution in [3.63, 3.8) is 0 Å². The van der Waals surface area contributed by atoms with Crippen LogP contribution in [0.4, 0.5) is 4.39 Å². The van der Waals surface area contributed by atoms with Crippen molar-refractivity contribution in [2.24, 2.45) is 5.73 Å². The largest absolute Gasteiger partial charge is 0.389 e. The summed E-state index contributed by atoms with van der Waals surface area (Å²) in [5.41, 5.74) is 4.81. The molecule has 0 radical (unpaired) electrons. The third kappa shape index (κ3) is 2.70. The van der Waals surface area contributed by atoms with E-state index in [4.69, 9.17) is 18.0 Å². The average Bonchev–Trinajstić information content (AvgIpc) is 2.33. The van der Waals surface area contributed by atoms with Gasteiger partial charge in [-0.3, -0.25) is 0 Å². The Kier molecular flexibility index (Phi) is 4.13. The Hall–Kier alpha value is -1.05. The molecule has 0 amide bonds. The first-order valence-electron chi connectivity index (χ1n) is 6.44. The van der Waals surface area contributed by atoms with Crippen molar-refractivity contribution in [2.75, 3.05) is 0 Å². The maximum atomic E-state index is 13.8. The van der Waals surface area contributed by atoms with Crippen molar-refractivity contribution in [2.45, 2.75) is 43.0 Å². The standard InChI is InChI=1S/C13H17FN2O2S2/c1-2-13(7-4-8-13)16-20(17,18)10-6-3-5-9(14)11(10)12(15)19/h3,5-6,16H,2,4,7-8H2,1H3,(H2,15,19). The molecule has 0 heterocycles. The number of nitrogens with two attached hydrogens (primary N) is 1. The molecule has 1 aliphatic rings. The summed E-state index contributed by atoms with van der Waals surface area (Å²) in [6.07, 6.45) is 3.27. The molecule has 0 saturated heterocycles. The van der Waals surface area contributed by atoms with Crippen molar-refractivity contribution in [3.8, 4) is 0 Å². The number of rotatable bonds is 5. The van der Waals surface area contributed by atoms with Gasteiger partial charge < -0.3 is 5.73 Å². The first kappa shape index (κ1) is 15.3. The molecule has 20 heavy (non-hydrogen) atoms. The molecule has 4 nitrogen and oxygen atoms in total. The molecule has 0 spiro atoms. The Morgan fingerprint density at radius 2 is 2.15 bits per heavy atom.